The summed E-state index contributed by atoms with van der Waals surface area (Å²) in [7, 11) is 1.53. The van der Waals surface area contributed by atoms with Gasteiger partial charge in [-0.1, -0.05) is 44.2 Å². The second kappa shape index (κ2) is 9.98. The second-order valence-electron chi connectivity index (χ2n) is 9.60. The van der Waals surface area contributed by atoms with Crippen molar-refractivity contribution in [2.75, 3.05) is 18.5 Å². The maximum atomic E-state index is 13.2. The normalized spacial score (nSPS) is 24.5. The topological polar surface area (TPSA) is 95.2 Å². The van der Waals surface area contributed by atoms with Gasteiger partial charge in [0.1, 0.15) is 17.4 Å². The summed E-state index contributed by atoms with van der Waals surface area (Å²) < 4.78 is 13.2. The molecule has 1 aliphatic carbocycles. The number of nitrogens with one attached hydrogen (secondary N) is 2. The molecule has 2 heterocycles. The molecule has 2 amide bonds. The first-order valence-electron chi connectivity index (χ1n) is 12.0. The number of aromatic amines is 1. The van der Waals surface area contributed by atoms with E-state index in [1.165, 1.54) is 30.5 Å². The Morgan fingerprint density at radius 3 is 2.54 bits per heavy atom. The van der Waals surface area contributed by atoms with Crippen LogP contribution in [0.2, 0.25) is 0 Å². The van der Waals surface area contributed by atoms with E-state index in [1.54, 1.807) is 12.1 Å². The minimum absolute atomic E-state index is 0.0221. The predicted octanol–water partition coefficient (Wildman–Crippen LogP) is 4.09. The van der Waals surface area contributed by atoms with E-state index in [4.69, 9.17) is 0 Å². The molecule has 0 bridgehead atoms. The molecule has 1 saturated carbocycles. The minimum atomic E-state index is -0.967. The molecule has 4 rings (SSSR count). The molecule has 0 radical (unpaired) electrons. The first-order chi connectivity index (χ1) is 16.7. The number of halogens is 1. The Labute approximate surface area is 204 Å². The first kappa shape index (κ1) is 24.6. The van der Waals surface area contributed by atoms with Crippen LogP contribution in [0.15, 0.2) is 48.1 Å². The van der Waals surface area contributed by atoms with Crippen molar-refractivity contribution in [3.8, 4) is 0 Å². The largest absolute Gasteiger partial charge is 0.345 e. The van der Waals surface area contributed by atoms with Gasteiger partial charge < -0.3 is 10.3 Å². The van der Waals surface area contributed by atoms with Crippen LogP contribution in [0, 0.1) is 29.5 Å². The number of rotatable bonds is 7. The first-order valence-corrected chi connectivity index (χ1v) is 12.0. The lowest BCUT2D eigenvalue weighted by Gasteiger charge is -2.39. The van der Waals surface area contributed by atoms with Crippen LogP contribution in [0.25, 0.3) is 0 Å². The van der Waals surface area contributed by atoms with E-state index in [2.05, 4.69) is 41.3 Å². The Bertz CT molecular complexity index is 1190. The van der Waals surface area contributed by atoms with Crippen LogP contribution in [0.5, 0.6) is 0 Å². The number of carbonyl (C=O) groups excluding carboxylic acids is 3. The van der Waals surface area contributed by atoms with Crippen LogP contribution in [-0.2, 0) is 11.2 Å². The Balaban J connectivity index is 1.44. The number of hydrogen-bond acceptors (Lipinski definition) is 4. The Kier molecular flexibility index (Phi) is 7.00. The number of amides is 2. The zero-order valence-corrected chi connectivity index (χ0v) is 20.5. The molecule has 7 nitrogen and oxygen atoms in total. The van der Waals surface area contributed by atoms with Gasteiger partial charge in [0.2, 0.25) is 5.91 Å². The highest BCUT2D eigenvalue weighted by Crippen LogP contribution is 2.40. The fourth-order valence-corrected chi connectivity index (χ4v) is 4.95. The lowest BCUT2D eigenvalue weighted by molar-refractivity contribution is -0.121. The van der Waals surface area contributed by atoms with Gasteiger partial charge in [0.25, 0.3) is 5.91 Å². The van der Waals surface area contributed by atoms with Crippen molar-refractivity contribution in [1.82, 2.24) is 15.3 Å². The molecule has 1 fully saturated rings. The Morgan fingerprint density at radius 1 is 1.23 bits per heavy atom. The van der Waals surface area contributed by atoms with E-state index in [-0.39, 0.29) is 29.6 Å². The van der Waals surface area contributed by atoms with Gasteiger partial charge in [0.15, 0.2) is 17.4 Å². The number of hydrogen-bond donors (Lipinski definition) is 2. The third kappa shape index (κ3) is 4.97. The molecule has 2 aromatic rings. The number of allylic oxidation sites excluding steroid dienone is 2. The number of H-pyrrole nitrogens is 1. The van der Waals surface area contributed by atoms with Crippen molar-refractivity contribution in [3.05, 3.63) is 71.0 Å². The van der Waals surface area contributed by atoms with E-state index in [9.17, 15) is 18.8 Å². The molecule has 3 unspecified atom stereocenters. The summed E-state index contributed by atoms with van der Waals surface area (Å²) in [4.78, 5) is 47.1. The van der Waals surface area contributed by atoms with Crippen molar-refractivity contribution in [3.63, 3.8) is 0 Å². The third-order valence-electron chi connectivity index (χ3n) is 7.18. The molecule has 0 spiro atoms. The molecular weight excluding hydrogens is 447 g/mol. The highest BCUT2D eigenvalue weighted by atomic mass is 19.1. The summed E-state index contributed by atoms with van der Waals surface area (Å²) in [6.45, 7) is 6.74. The van der Waals surface area contributed by atoms with E-state index in [0.717, 1.165) is 5.57 Å². The van der Waals surface area contributed by atoms with Gasteiger partial charge in [0, 0.05) is 13.6 Å². The van der Waals surface area contributed by atoms with Crippen LogP contribution < -0.4 is 10.2 Å². The smallest absolute Gasteiger partial charge is 0.287 e. The van der Waals surface area contributed by atoms with Gasteiger partial charge in [-0.05, 0) is 60.8 Å². The summed E-state index contributed by atoms with van der Waals surface area (Å²) in [5.41, 5.74) is 1.78. The quantitative estimate of drug-likeness (QED) is 0.463. The standard InChI is InChI=1S/C27H31FN4O3/c1-5-17(8-11-20-15(2)12-16(20)3)14-29-26(34)24-30-22-23(33)21(27(35)32(4)25(22)31-24)13-18-6-9-19(28)10-7-18/h5-11,15-16,20-21H,12-14H2,1-4H3,(H,29,34)(H,30,31)/b11-8-,17-5+. The van der Waals surface area contributed by atoms with Gasteiger partial charge >= 0.3 is 0 Å². The van der Waals surface area contributed by atoms with Crippen LogP contribution in [0.3, 0.4) is 0 Å². The molecule has 2 N–H and O–H groups in total. The molecule has 2 aliphatic rings. The number of fused-ring (bicyclic) bond motifs is 1. The Hall–Kier alpha value is -3.55. The molecule has 1 aromatic carbocycles. The van der Waals surface area contributed by atoms with Crippen LogP contribution in [0.4, 0.5) is 10.2 Å². The highest BCUT2D eigenvalue weighted by molar-refractivity contribution is 6.20. The lowest BCUT2D eigenvalue weighted by atomic mass is 9.66. The molecular formula is C27H31FN4O3. The van der Waals surface area contributed by atoms with E-state index < -0.39 is 23.5 Å². The van der Waals surface area contributed by atoms with Crippen molar-refractivity contribution in [1.29, 1.82) is 0 Å². The molecule has 3 atom stereocenters. The summed E-state index contributed by atoms with van der Waals surface area (Å²) in [5, 5.41) is 2.84. The monoisotopic (exact) mass is 478 g/mol. The maximum Gasteiger partial charge on any atom is 0.287 e. The SMILES string of the molecule is C/C=C(\C=C/C1C(C)CC1C)CNC(=O)c1nc2c([nH]1)C(=O)C(Cc1ccc(F)cc1)C(=O)N2C. The number of imidazole rings is 1. The van der Waals surface area contributed by atoms with Gasteiger partial charge in [-0.25, -0.2) is 9.37 Å². The van der Waals surface area contributed by atoms with E-state index in [0.29, 0.717) is 29.9 Å². The summed E-state index contributed by atoms with van der Waals surface area (Å²) >= 11 is 0. The van der Waals surface area contributed by atoms with Crippen molar-refractivity contribution >= 4 is 23.4 Å². The van der Waals surface area contributed by atoms with E-state index >= 15 is 0 Å². The Morgan fingerprint density at radius 2 is 1.91 bits per heavy atom. The maximum absolute atomic E-state index is 13.2. The molecule has 8 heteroatoms. The van der Waals surface area contributed by atoms with Gasteiger partial charge in [0.05, 0.1) is 0 Å². The molecule has 1 aliphatic heterocycles. The molecule has 35 heavy (non-hydrogen) atoms. The van der Waals surface area contributed by atoms with Crippen molar-refractivity contribution < 1.29 is 18.8 Å². The fraction of sp³-hybridized carbons (Fsp3) is 0.407. The lowest BCUT2D eigenvalue weighted by Crippen LogP contribution is -2.43. The molecule has 0 saturated heterocycles. The van der Waals surface area contributed by atoms with Gasteiger partial charge in [-0.2, -0.15) is 0 Å². The molecule has 184 valence electrons. The number of carbonyl (C=O) groups is 3. The number of ketones is 1. The zero-order chi connectivity index (χ0) is 25.3. The van der Waals surface area contributed by atoms with Gasteiger partial charge in [-0.15, -0.1) is 0 Å². The highest BCUT2D eigenvalue weighted by Gasteiger charge is 2.41. The van der Waals surface area contributed by atoms with Crippen LogP contribution in [-0.4, -0.2) is 41.2 Å². The zero-order valence-electron chi connectivity index (χ0n) is 20.5. The van der Waals surface area contributed by atoms with Crippen LogP contribution in [0.1, 0.15) is 53.9 Å². The average Bonchev–Trinajstić information content (AvgIpc) is 3.29. The third-order valence-corrected chi connectivity index (χ3v) is 7.18. The summed E-state index contributed by atoms with van der Waals surface area (Å²) in [6.07, 6.45) is 7.60. The minimum Gasteiger partial charge on any atom is -0.345 e. The number of anilines is 1. The number of benzene rings is 1. The summed E-state index contributed by atoms with van der Waals surface area (Å²) in [6, 6.07) is 5.69. The van der Waals surface area contributed by atoms with Crippen LogP contribution >= 0.6 is 0 Å². The van der Waals surface area contributed by atoms with Crippen molar-refractivity contribution in [2.45, 2.75) is 33.6 Å². The number of nitrogens with zero attached hydrogens (tertiary/aromatic N) is 2. The average molecular weight is 479 g/mol. The number of aromatic nitrogens is 2. The summed E-state index contributed by atoms with van der Waals surface area (Å²) in [5.74, 6) is -0.634. The van der Waals surface area contributed by atoms with Crippen molar-refractivity contribution in [2.24, 2.45) is 23.7 Å². The second-order valence-corrected chi connectivity index (χ2v) is 9.60. The number of Topliss-reactive ketones (excluding diaryl/α,β-unsaturated/α-hetero) is 1. The van der Waals surface area contributed by atoms with E-state index in [1.807, 2.05) is 13.0 Å². The molecule has 1 aromatic heterocycles. The predicted molar refractivity (Wildman–Crippen MR) is 132 cm³/mol. The van der Waals surface area contributed by atoms with Gasteiger partial charge in [-0.3, -0.25) is 19.3 Å². The fourth-order valence-electron chi connectivity index (χ4n) is 4.95.